The van der Waals surface area contributed by atoms with E-state index in [9.17, 15) is 9.18 Å². The molecule has 0 N–H and O–H groups in total. The van der Waals surface area contributed by atoms with Gasteiger partial charge in [0.1, 0.15) is 11.6 Å². The predicted molar refractivity (Wildman–Crippen MR) is 147 cm³/mol. The van der Waals surface area contributed by atoms with Crippen LogP contribution < -0.4 is 9.80 Å². The highest BCUT2D eigenvalue weighted by Gasteiger charge is 2.31. The van der Waals surface area contributed by atoms with Gasteiger partial charge in [-0.1, -0.05) is 30.3 Å². The molecule has 7 heteroatoms. The number of carbonyl (C=O) groups is 1. The number of hydrogen-bond donors (Lipinski definition) is 0. The molecule has 6 rings (SSSR count). The molecule has 38 heavy (non-hydrogen) atoms. The van der Waals surface area contributed by atoms with E-state index < -0.39 is 0 Å². The van der Waals surface area contributed by atoms with Gasteiger partial charge in [-0.05, 0) is 72.0 Å². The minimum atomic E-state index is -0.213. The normalized spacial score (nSPS) is 15.4. The monoisotopic (exact) mass is 507 g/mol. The van der Waals surface area contributed by atoms with E-state index in [4.69, 9.17) is 4.98 Å². The summed E-state index contributed by atoms with van der Waals surface area (Å²) in [6, 6.07) is 23.0. The Morgan fingerprint density at radius 1 is 0.842 bits per heavy atom. The van der Waals surface area contributed by atoms with Crippen LogP contribution in [0.15, 0.2) is 91.4 Å². The van der Waals surface area contributed by atoms with Gasteiger partial charge in [-0.25, -0.2) is 9.37 Å². The molecule has 2 aromatic heterocycles. The Hall–Kier alpha value is -4.26. The van der Waals surface area contributed by atoms with Crippen LogP contribution in [0.4, 0.5) is 15.9 Å². The van der Waals surface area contributed by atoms with Crippen molar-refractivity contribution in [1.29, 1.82) is 0 Å². The Morgan fingerprint density at radius 2 is 1.55 bits per heavy atom. The van der Waals surface area contributed by atoms with Crippen LogP contribution in [0.2, 0.25) is 0 Å². The molecule has 1 fully saturated rings. The second-order valence-corrected chi connectivity index (χ2v) is 9.98. The van der Waals surface area contributed by atoms with E-state index in [1.807, 2.05) is 29.3 Å². The molecule has 2 aromatic carbocycles. The van der Waals surface area contributed by atoms with Gasteiger partial charge in [0, 0.05) is 63.0 Å². The van der Waals surface area contributed by atoms with E-state index in [-0.39, 0.29) is 17.8 Å². The third-order valence-corrected chi connectivity index (χ3v) is 7.60. The highest BCUT2D eigenvalue weighted by atomic mass is 19.1. The number of amides is 1. The number of carbonyl (C=O) groups excluding carboxylic acids is 1. The fraction of sp³-hybridized carbons (Fsp3) is 0.258. The first-order chi connectivity index (χ1) is 18.6. The fourth-order valence-electron chi connectivity index (χ4n) is 5.52. The molecule has 3 heterocycles. The Labute approximate surface area is 222 Å². The molecule has 1 saturated heterocycles. The second kappa shape index (κ2) is 10.6. The number of rotatable bonds is 6. The van der Waals surface area contributed by atoms with Gasteiger partial charge < -0.3 is 14.7 Å². The highest BCUT2D eigenvalue weighted by molar-refractivity contribution is 5.94. The Balaban J connectivity index is 1.14. The van der Waals surface area contributed by atoms with Crippen LogP contribution in [0.3, 0.4) is 0 Å². The molecule has 192 valence electrons. The van der Waals surface area contributed by atoms with Gasteiger partial charge >= 0.3 is 0 Å². The van der Waals surface area contributed by atoms with E-state index in [1.165, 1.54) is 23.3 Å². The number of fused-ring (bicyclic) bond motifs is 1. The Kier molecular flexibility index (Phi) is 6.73. The van der Waals surface area contributed by atoms with Crippen molar-refractivity contribution in [3.05, 3.63) is 119 Å². The Morgan fingerprint density at radius 3 is 2.18 bits per heavy atom. The lowest BCUT2D eigenvalue weighted by Crippen LogP contribution is -2.46. The van der Waals surface area contributed by atoms with Crippen LogP contribution in [-0.4, -0.2) is 53.0 Å². The van der Waals surface area contributed by atoms with Gasteiger partial charge in [0.25, 0.3) is 5.91 Å². The number of halogens is 1. The van der Waals surface area contributed by atoms with Crippen molar-refractivity contribution in [1.82, 2.24) is 14.9 Å². The number of piperazine rings is 1. The number of pyridine rings is 2. The molecule has 1 amide bonds. The first-order valence-electron chi connectivity index (χ1n) is 13.1. The smallest absolute Gasteiger partial charge is 0.255 e. The third kappa shape index (κ3) is 5.09. The third-order valence-electron chi connectivity index (χ3n) is 7.60. The van der Waals surface area contributed by atoms with Crippen molar-refractivity contribution in [3.8, 4) is 0 Å². The number of aromatic nitrogens is 2. The van der Waals surface area contributed by atoms with Gasteiger partial charge in [0.2, 0.25) is 0 Å². The van der Waals surface area contributed by atoms with Crippen LogP contribution in [0, 0.1) is 5.82 Å². The molecule has 0 radical (unpaired) electrons. The minimum Gasteiger partial charge on any atom is -0.368 e. The number of anilines is 2. The molecule has 0 saturated carbocycles. The zero-order chi connectivity index (χ0) is 25.9. The molecule has 0 spiro atoms. The summed E-state index contributed by atoms with van der Waals surface area (Å²) < 4.78 is 13.3. The molecule has 0 atom stereocenters. The van der Waals surface area contributed by atoms with E-state index >= 15 is 0 Å². The molecule has 4 aromatic rings. The summed E-state index contributed by atoms with van der Waals surface area (Å²) in [5.41, 5.74) is 5.28. The Bertz CT molecular complexity index is 1360. The van der Waals surface area contributed by atoms with Crippen molar-refractivity contribution in [2.24, 2.45) is 0 Å². The van der Waals surface area contributed by atoms with Crippen molar-refractivity contribution in [3.63, 3.8) is 0 Å². The zero-order valence-electron chi connectivity index (χ0n) is 21.2. The van der Waals surface area contributed by atoms with Gasteiger partial charge in [-0.15, -0.1) is 0 Å². The van der Waals surface area contributed by atoms with Crippen LogP contribution >= 0.6 is 0 Å². The number of nitrogens with zero attached hydrogens (tertiary/aromatic N) is 5. The van der Waals surface area contributed by atoms with Gasteiger partial charge in [-0.3, -0.25) is 9.78 Å². The fourth-order valence-corrected chi connectivity index (χ4v) is 5.52. The van der Waals surface area contributed by atoms with Crippen molar-refractivity contribution >= 4 is 17.4 Å². The maximum Gasteiger partial charge on any atom is 0.255 e. The molecule has 2 aliphatic rings. The van der Waals surface area contributed by atoms with Crippen molar-refractivity contribution in [2.75, 3.05) is 36.0 Å². The van der Waals surface area contributed by atoms with E-state index in [1.54, 1.807) is 18.5 Å². The van der Waals surface area contributed by atoms with Gasteiger partial charge in [-0.2, -0.15) is 0 Å². The molecule has 1 aliphatic heterocycles. The van der Waals surface area contributed by atoms with Crippen LogP contribution in [0.25, 0.3) is 0 Å². The van der Waals surface area contributed by atoms with E-state index in [0.717, 1.165) is 56.1 Å². The molecule has 1 aliphatic carbocycles. The number of benzene rings is 2. The average Bonchev–Trinajstić information content (AvgIpc) is 3.41. The molecule has 0 bridgehead atoms. The van der Waals surface area contributed by atoms with E-state index in [0.29, 0.717) is 12.1 Å². The summed E-state index contributed by atoms with van der Waals surface area (Å²) >= 11 is 0. The van der Waals surface area contributed by atoms with Crippen molar-refractivity contribution < 1.29 is 9.18 Å². The molecular weight excluding hydrogens is 477 g/mol. The van der Waals surface area contributed by atoms with Crippen molar-refractivity contribution in [2.45, 2.75) is 25.4 Å². The maximum absolute atomic E-state index is 13.6. The molecule has 0 unspecified atom stereocenters. The summed E-state index contributed by atoms with van der Waals surface area (Å²) in [6.45, 7) is 3.89. The highest BCUT2D eigenvalue weighted by Crippen LogP contribution is 2.28. The number of hydrogen-bond acceptors (Lipinski definition) is 5. The lowest BCUT2D eigenvalue weighted by Gasteiger charge is -2.36. The molecule has 6 nitrogen and oxygen atoms in total. The first-order valence-corrected chi connectivity index (χ1v) is 13.1. The quantitative estimate of drug-likeness (QED) is 0.377. The molecular formula is C31H30FN5O. The van der Waals surface area contributed by atoms with E-state index in [2.05, 4.69) is 51.2 Å². The van der Waals surface area contributed by atoms with Crippen LogP contribution in [-0.2, 0) is 19.4 Å². The summed E-state index contributed by atoms with van der Waals surface area (Å²) in [7, 11) is 0. The largest absolute Gasteiger partial charge is 0.368 e. The average molecular weight is 508 g/mol. The summed E-state index contributed by atoms with van der Waals surface area (Å²) in [5.74, 6) is 0.720. The first kappa shape index (κ1) is 24.1. The minimum absolute atomic E-state index is 0.00287. The van der Waals surface area contributed by atoms with Crippen LogP contribution in [0.1, 0.15) is 27.0 Å². The lowest BCUT2D eigenvalue weighted by molar-refractivity contribution is 0.0667. The van der Waals surface area contributed by atoms with Gasteiger partial charge in [0.15, 0.2) is 0 Å². The van der Waals surface area contributed by atoms with Crippen LogP contribution in [0.5, 0.6) is 0 Å². The standard InChI is InChI=1S/C31H30FN5O/c32-27-8-10-28(11-9-27)35-14-16-36(17-15-35)30-12-7-23(20-34-30)22-37(31(38)26-6-3-13-33-21-26)29-18-24-4-1-2-5-25(24)19-29/h1-13,20-21,29H,14-19,22H2. The topological polar surface area (TPSA) is 52.6 Å². The summed E-state index contributed by atoms with van der Waals surface area (Å²) in [6.07, 6.45) is 6.93. The summed E-state index contributed by atoms with van der Waals surface area (Å²) in [5, 5.41) is 0. The zero-order valence-corrected chi connectivity index (χ0v) is 21.2. The van der Waals surface area contributed by atoms with Gasteiger partial charge in [0.05, 0.1) is 5.56 Å². The lowest BCUT2D eigenvalue weighted by atomic mass is 10.1. The maximum atomic E-state index is 13.6. The summed E-state index contributed by atoms with van der Waals surface area (Å²) in [4.78, 5) is 29.1. The second-order valence-electron chi connectivity index (χ2n) is 9.98. The predicted octanol–water partition coefficient (Wildman–Crippen LogP) is 4.75. The SMILES string of the molecule is O=C(c1cccnc1)N(Cc1ccc(N2CCN(c3ccc(F)cc3)CC2)nc1)C1Cc2ccccc2C1.